The summed E-state index contributed by atoms with van der Waals surface area (Å²) in [5, 5.41) is 25.3. The van der Waals surface area contributed by atoms with Crippen LogP contribution in [-0.2, 0) is 9.53 Å². The fraction of sp³-hybridized carbons (Fsp3) is 0.167. The minimum Gasteiger partial charge on any atom is -0.512 e. The van der Waals surface area contributed by atoms with Gasteiger partial charge in [-0.1, -0.05) is 6.58 Å². The van der Waals surface area contributed by atoms with Gasteiger partial charge in [-0.25, -0.2) is 4.79 Å². The van der Waals surface area contributed by atoms with Crippen molar-refractivity contribution >= 4 is 5.97 Å². The zero-order valence-electron chi connectivity index (χ0n) is 5.60. The number of carbonyl (C=O) groups excluding carboxylic acids is 1. The van der Waals surface area contributed by atoms with Crippen LogP contribution in [-0.4, -0.2) is 27.6 Å². The summed E-state index contributed by atoms with van der Waals surface area (Å²) in [6.07, 6.45) is -0.806. The van der Waals surface area contributed by atoms with Crippen molar-refractivity contribution in [3.63, 3.8) is 0 Å². The lowest BCUT2D eigenvalue weighted by Gasteiger charge is -2.07. The lowest BCUT2D eigenvalue weighted by Crippen LogP contribution is -2.18. The van der Waals surface area contributed by atoms with Crippen LogP contribution >= 0.6 is 0 Å². The van der Waals surface area contributed by atoms with Crippen molar-refractivity contribution in [1.29, 1.82) is 0 Å². The standard InChI is InChI=1S/C6H8O5/c1-2-5(9)11-6(10)4(8)3-7/h2-3,6-8,10H,1H2. The van der Waals surface area contributed by atoms with Gasteiger partial charge in [0.2, 0.25) is 0 Å². The van der Waals surface area contributed by atoms with E-state index in [4.69, 9.17) is 15.3 Å². The highest BCUT2D eigenvalue weighted by Crippen LogP contribution is 1.98. The van der Waals surface area contributed by atoms with E-state index in [-0.39, 0.29) is 6.26 Å². The Morgan fingerprint density at radius 1 is 1.64 bits per heavy atom. The van der Waals surface area contributed by atoms with E-state index in [1.165, 1.54) is 0 Å². The molecule has 62 valence electrons. The van der Waals surface area contributed by atoms with Gasteiger partial charge in [0.25, 0.3) is 6.29 Å². The van der Waals surface area contributed by atoms with Crippen molar-refractivity contribution in [2.75, 3.05) is 0 Å². The highest BCUT2D eigenvalue weighted by Gasteiger charge is 2.12. The van der Waals surface area contributed by atoms with Crippen molar-refractivity contribution < 1.29 is 24.9 Å². The molecule has 0 aromatic carbocycles. The van der Waals surface area contributed by atoms with Gasteiger partial charge in [0, 0.05) is 6.08 Å². The molecular weight excluding hydrogens is 152 g/mol. The molecule has 0 heterocycles. The van der Waals surface area contributed by atoms with E-state index >= 15 is 0 Å². The molecular formula is C6H8O5. The number of aliphatic hydroxyl groups excluding tert-OH is 3. The number of carbonyl (C=O) groups is 1. The molecule has 11 heavy (non-hydrogen) atoms. The highest BCUT2D eigenvalue weighted by molar-refractivity contribution is 5.81. The van der Waals surface area contributed by atoms with E-state index in [0.717, 1.165) is 6.08 Å². The van der Waals surface area contributed by atoms with Crippen molar-refractivity contribution in [3.05, 3.63) is 24.7 Å². The number of rotatable bonds is 3. The zero-order chi connectivity index (χ0) is 8.85. The molecule has 0 bridgehead atoms. The largest absolute Gasteiger partial charge is 0.512 e. The third-order valence-corrected chi connectivity index (χ3v) is 0.780. The molecule has 3 N–H and O–H groups in total. The molecule has 0 aliphatic rings. The number of aliphatic hydroxyl groups is 3. The average molecular weight is 160 g/mol. The van der Waals surface area contributed by atoms with Crippen molar-refractivity contribution in [2.45, 2.75) is 6.29 Å². The number of ether oxygens (including phenoxy) is 1. The third-order valence-electron chi connectivity index (χ3n) is 0.780. The number of hydrogen-bond acceptors (Lipinski definition) is 5. The second-order valence-corrected chi connectivity index (χ2v) is 1.55. The predicted octanol–water partition coefficient (Wildman–Crippen LogP) is -0.00860. The Hall–Kier alpha value is -1.49. The molecule has 0 radical (unpaired) electrons. The smallest absolute Gasteiger partial charge is 0.332 e. The minimum absolute atomic E-state index is 0.223. The van der Waals surface area contributed by atoms with Crippen molar-refractivity contribution in [2.24, 2.45) is 0 Å². The molecule has 0 aliphatic heterocycles. The van der Waals surface area contributed by atoms with Crippen molar-refractivity contribution in [1.82, 2.24) is 0 Å². The molecule has 0 spiro atoms. The van der Waals surface area contributed by atoms with E-state index < -0.39 is 18.0 Å². The Bertz CT molecular complexity index is 183. The monoisotopic (exact) mass is 160 g/mol. The molecule has 1 atom stereocenters. The van der Waals surface area contributed by atoms with Crippen LogP contribution in [0.2, 0.25) is 0 Å². The fourth-order valence-corrected chi connectivity index (χ4v) is 0.282. The summed E-state index contributed by atoms with van der Waals surface area (Å²) in [5.74, 6) is -1.74. The predicted molar refractivity (Wildman–Crippen MR) is 35.6 cm³/mol. The molecule has 0 aromatic rings. The SMILES string of the molecule is C=CC(=O)OC(O)C(O)=CO. The van der Waals surface area contributed by atoms with Gasteiger partial charge in [-0.15, -0.1) is 0 Å². The van der Waals surface area contributed by atoms with Gasteiger partial charge in [-0.05, 0) is 0 Å². The molecule has 5 nitrogen and oxygen atoms in total. The van der Waals surface area contributed by atoms with E-state index in [1.54, 1.807) is 0 Å². The van der Waals surface area contributed by atoms with E-state index in [1.807, 2.05) is 0 Å². The summed E-state index contributed by atoms with van der Waals surface area (Å²) in [7, 11) is 0. The summed E-state index contributed by atoms with van der Waals surface area (Å²) in [5.41, 5.74) is 0. The van der Waals surface area contributed by atoms with E-state index in [9.17, 15) is 4.79 Å². The van der Waals surface area contributed by atoms with Crippen LogP contribution in [0.15, 0.2) is 24.7 Å². The Morgan fingerprint density at radius 2 is 2.18 bits per heavy atom. The Kier molecular flexibility index (Phi) is 3.76. The van der Waals surface area contributed by atoms with Crippen LogP contribution in [0.25, 0.3) is 0 Å². The maximum absolute atomic E-state index is 10.3. The first-order valence-electron chi connectivity index (χ1n) is 2.66. The van der Waals surface area contributed by atoms with Crippen LogP contribution in [0.5, 0.6) is 0 Å². The first-order valence-corrected chi connectivity index (χ1v) is 2.66. The number of hydrogen-bond donors (Lipinski definition) is 3. The molecule has 0 amide bonds. The summed E-state index contributed by atoms with van der Waals surface area (Å²) in [4.78, 5) is 10.3. The molecule has 0 rings (SSSR count). The van der Waals surface area contributed by atoms with Gasteiger partial charge in [0.05, 0.1) is 0 Å². The third kappa shape index (κ3) is 3.27. The fourth-order valence-electron chi connectivity index (χ4n) is 0.282. The first kappa shape index (κ1) is 9.51. The normalized spacial score (nSPS) is 13.7. The van der Waals surface area contributed by atoms with Crippen molar-refractivity contribution in [3.8, 4) is 0 Å². The molecule has 0 aliphatic carbocycles. The number of esters is 1. The van der Waals surface area contributed by atoms with Crippen LogP contribution in [0.4, 0.5) is 0 Å². The maximum Gasteiger partial charge on any atom is 0.332 e. The Labute approximate surface area is 62.8 Å². The highest BCUT2D eigenvalue weighted by atomic mass is 16.6. The quantitative estimate of drug-likeness (QED) is 0.234. The summed E-state index contributed by atoms with van der Waals surface area (Å²) < 4.78 is 4.07. The maximum atomic E-state index is 10.3. The topological polar surface area (TPSA) is 87.0 Å². The van der Waals surface area contributed by atoms with Gasteiger partial charge in [0.1, 0.15) is 6.26 Å². The molecule has 0 fully saturated rings. The second kappa shape index (κ2) is 4.35. The molecule has 5 heteroatoms. The van der Waals surface area contributed by atoms with Crippen LogP contribution < -0.4 is 0 Å². The summed E-state index contributed by atoms with van der Waals surface area (Å²) >= 11 is 0. The molecule has 0 saturated heterocycles. The summed E-state index contributed by atoms with van der Waals surface area (Å²) in [6.45, 7) is 3.05. The van der Waals surface area contributed by atoms with Gasteiger partial charge < -0.3 is 20.1 Å². The zero-order valence-corrected chi connectivity index (χ0v) is 5.60. The van der Waals surface area contributed by atoms with Crippen LogP contribution in [0.1, 0.15) is 0 Å². The minimum atomic E-state index is -1.84. The molecule has 0 saturated carbocycles. The Balaban J connectivity index is 3.96. The first-order chi connectivity index (χ1) is 5.11. The van der Waals surface area contributed by atoms with E-state index in [0.29, 0.717) is 0 Å². The van der Waals surface area contributed by atoms with Crippen LogP contribution in [0, 0.1) is 0 Å². The lowest BCUT2D eigenvalue weighted by molar-refractivity contribution is -0.160. The summed E-state index contributed by atoms with van der Waals surface area (Å²) in [6, 6.07) is 0. The second-order valence-electron chi connectivity index (χ2n) is 1.55. The average Bonchev–Trinajstić information content (AvgIpc) is 2.02. The van der Waals surface area contributed by atoms with Crippen LogP contribution in [0.3, 0.4) is 0 Å². The molecule has 1 unspecified atom stereocenters. The lowest BCUT2D eigenvalue weighted by atomic mass is 10.5. The van der Waals surface area contributed by atoms with Gasteiger partial charge in [-0.3, -0.25) is 0 Å². The van der Waals surface area contributed by atoms with Gasteiger partial charge in [0.15, 0.2) is 5.76 Å². The molecule has 0 aromatic heterocycles. The van der Waals surface area contributed by atoms with Gasteiger partial charge in [-0.2, -0.15) is 0 Å². The van der Waals surface area contributed by atoms with E-state index in [2.05, 4.69) is 11.3 Å². The Morgan fingerprint density at radius 3 is 2.55 bits per heavy atom. The van der Waals surface area contributed by atoms with Gasteiger partial charge >= 0.3 is 5.97 Å².